The molecule has 2 amide bonds. The van der Waals surface area contributed by atoms with E-state index in [1.165, 1.54) is 31.4 Å². The Morgan fingerprint density at radius 3 is 2.50 bits per heavy atom. The van der Waals surface area contributed by atoms with Crippen LogP contribution in [0.5, 0.6) is 0 Å². The molecule has 184 valence electrons. The minimum absolute atomic E-state index is 0.0248. The lowest BCUT2D eigenvalue weighted by Crippen LogP contribution is -2.39. The predicted octanol–water partition coefficient (Wildman–Crippen LogP) is 3.59. The number of esters is 1. The van der Waals surface area contributed by atoms with Crippen LogP contribution in [-0.4, -0.2) is 35.0 Å². The topological polar surface area (TPSA) is 126 Å². The van der Waals surface area contributed by atoms with Gasteiger partial charge in [-0.3, -0.25) is 19.3 Å². The van der Waals surface area contributed by atoms with Crippen molar-refractivity contribution >= 4 is 35.2 Å². The first kappa shape index (κ1) is 25.0. The Kier molecular flexibility index (Phi) is 6.86. The van der Waals surface area contributed by atoms with E-state index in [9.17, 15) is 24.0 Å². The molecule has 4 rings (SSSR count). The average molecular weight is 507 g/mol. The highest BCUT2D eigenvalue weighted by Gasteiger charge is 2.48. The molecule has 0 aromatic heterocycles. The number of aryl methyl sites for hydroxylation is 2. The van der Waals surface area contributed by atoms with Crippen molar-refractivity contribution in [2.75, 3.05) is 12.4 Å². The molecule has 2 aliphatic heterocycles. The zero-order chi connectivity index (χ0) is 26.1. The molecule has 1 saturated heterocycles. The zero-order valence-electron chi connectivity index (χ0n) is 19.8. The van der Waals surface area contributed by atoms with Crippen LogP contribution in [0.2, 0.25) is 0 Å². The largest absolute Gasteiger partial charge is 0.469 e. The number of hydrogen-bond donors (Lipinski definition) is 2. The highest BCUT2D eigenvalue weighted by atomic mass is 32.2. The van der Waals surface area contributed by atoms with Gasteiger partial charge < -0.3 is 15.8 Å². The van der Waals surface area contributed by atoms with E-state index < -0.39 is 34.8 Å². The van der Waals surface area contributed by atoms with Gasteiger partial charge in [0.2, 0.25) is 5.91 Å². The van der Waals surface area contributed by atoms with Crippen LogP contribution in [0.4, 0.5) is 10.1 Å². The van der Waals surface area contributed by atoms with E-state index in [0.717, 1.165) is 27.8 Å². The number of hydrogen-bond acceptors (Lipinski definition) is 7. The molecule has 2 aliphatic rings. The number of allylic oxidation sites excluding steroid dienone is 1. The molecule has 2 heterocycles. The van der Waals surface area contributed by atoms with Crippen molar-refractivity contribution in [1.82, 2.24) is 4.90 Å². The molecule has 10 heteroatoms. The third-order valence-corrected chi connectivity index (χ3v) is 7.47. The Hall–Kier alpha value is -4.10. The Morgan fingerprint density at radius 1 is 1.19 bits per heavy atom. The lowest BCUT2D eigenvalue weighted by Gasteiger charge is -2.32. The maximum atomic E-state index is 13.8. The molecule has 0 saturated carbocycles. The maximum absolute atomic E-state index is 13.8. The van der Waals surface area contributed by atoms with E-state index in [4.69, 9.17) is 10.5 Å². The number of fused-ring (bicyclic) bond motifs is 1. The van der Waals surface area contributed by atoms with Crippen LogP contribution in [0, 0.1) is 31.0 Å². The van der Waals surface area contributed by atoms with E-state index in [1.54, 1.807) is 6.07 Å². The number of thioether (sulfide) groups is 1. The van der Waals surface area contributed by atoms with Crippen LogP contribution in [0.1, 0.15) is 29.0 Å². The van der Waals surface area contributed by atoms with Crippen molar-refractivity contribution in [2.24, 2.45) is 5.73 Å². The highest BCUT2D eigenvalue weighted by Crippen LogP contribution is 2.50. The van der Waals surface area contributed by atoms with Crippen molar-refractivity contribution in [3.05, 3.63) is 87.0 Å². The number of anilines is 1. The van der Waals surface area contributed by atoms with E-state index in [-0.39, 0.29) is 28.4 Å². The van der Waals surface area contributed by atoms with Gasteiger partial charge in [-0.1, -0.05) is 30.0 Å². The minimum atomic E-state index is -0.953. The molecule has 0 spiro atoms. The summed E-state index contributed by atoms with van der Waals surface area (Å²) in [7, 11) is 1.22. The Morgan fingerprint density at radius 2 is 1.89 bits per heavy atom. The van der Waals surface area contributed by atoms with Gasteiger partial charge in [0.25, 0.3) is 5.91 Å². The summed E-state index contributed by atoms with van der Waals surface area (Å²) in [6.45, 7) is 3.86. The molecule has 1 fully saturated rings. The van der Waals surface area contributed by atoms with Crippen molar-refractivity contribution in [2.45, 2.75) is 31.4 Å². The molecule has 36 heavy (non-hydrogen) atoms. The van der Waals surface area contributed by atoms with Crippen LogP contribution in [0.3, 0.4) is 0 Å². The first-order valence-electron chi connectivity index (χ1n) is 11.0. The molecule has 0 radical (unpaired) electrons. The first-order chi connectivity index (χ1) is 17.2. The van der Waals surface area contributed by atoms with Gasteiger partial charge >= 0.3 is 5.97 Å². The number of nitrogens with zero attached hydrogens (tertiary/aromatic N) is 2. The predicted molar refractivity (Wildman–Crippen MR) is 132 cm³/mol. The number of ether oxygens (including phenoxy) is 1. The molecule has 2 aromatic carbocycles. The van der Waals surface area contributed by atoms with Gasteiger partial charge in [-0.2, -0.15) is 5.26 Å². The number of carbonyl (C=O) groups excluding carboxylic acids is 3. The zero-order valence-corrected chi connectivity index (χ0v) is 20.6. The maximum Gasteiger partial charge on any atom is 0.307 e. The van der Waals surface area contributed by atoms with Gasteiger partial charge in [-0.15, -0.1) is 0 Å². The number of rotatable bonds is 5. The second-order valence-electron chi connectivity index (χ2n) is 8.43. The van der Waals surface area contributed by atoms with Gasteiger partial charge in [0, 0.05) is 5.69 Å². The van der Waals surface area contributed by atoms with Gasteiger partial charge in [-0.25, -0.2) is 4.39 Å². The number of carbonyl (C=O) groups is 3. The van der Waals surface area contributed by atoms with Gasteiger partial charge in [-0.05, 0) is 54.8 Å². The van der Waals surface area contributed by atoms with E-state index in [1.807, 2.05) is 32.0 Å². The molecule has 8 nitrogen and oxygen atoms in total. The smallest absolute Gasteiger partial charge is 0.307 e. The molecule has 3 N–H and O–H groups in total. The van der Waals surface area contributed by atoms with Crippen LogP contribution >= 0.6 is 11.8 Å². The second kappa shape index (κ2) is 9.87. The van der Waals surface area contributed by atoms with Crippen molar-refractivity contribution in [1.29, 1.82) is 5.26 Å². The van der Waals surface area contributed by atoms with Crippen LogP contribution in [0.15, 0.2) is 64.5 Å². The Bertz CT molecular complexity index is 1380. The molecule has 0 aliphatic carbocycles. The molecular formula is C26H23FN4O4S. The van der Waals surface area contributed by atoms with E-state index >= 15 is 0 Å². The van der Waals surface area contributed by atoms with E-state index in [2.05, 4.69) is 5.32 Å². The Balaban J connectivity index is 1.87. The summed E-state index contributed by atoms with van der Waals surface area (Å²) in [4.78, 5) is 40.0. The molecule has 2 aromatic rings. The van der Waals surface area contributed by atoms with E-state index in [0.29, 0.717) is 11.3 Å². The average Bonchev–Trinajstić information content (AvgIpc) is 3.17. The van der Waals surface area contributed by atoms with Gasteiger partial charge in [0.05, 0.1) is 41.7 Å². The fourth-order valence-electron chi connectivity index (χ4n) is 4.15. The molecule has 0 bridgehead atoms. The summed E-state index contributed by atoms with van der Waals surface area (Å²) >= 11 is 1.01. The fraction of sp³-hybridized carbons (Fsp3) is 0.231. The third-order valence-electron chi connectivity index (χ3n) is 6.19. The highest BCUT2D eigenvalue weighted by molar-refractivity contribution is 8.04. The first-order valence-corrected chi connectivity index (χ1v) is 11.9. The number of nitriles is 1. The number of nitrogens with two attached hydrogens (primary N) is 1. The summed E-state index contributed by atoms with van der Waals surface area (Å²) in [6.07, 6.45) is -0.234. The fourth-order valence-corrected chi connectivity index (χ4v) is 5.48. The van der Waals surface area contributed by atoms with Crippen LogP contribution < -0.4 is 11.1 Å². The van der Waals surface area contributed by atoms with Gasteiger partial charge in [0.15, 0.2) is 0 Å². The summed E-state index contributed by atoms with van der Waals surface area (Å²) < 4.78 is 18.4. The summed E-state index contributed by atoms with van der Waals surface area (Å²) in [6, 6.07) is 12.9. The monoisotopic (exact) mass is 506 g/mol. The lowest BCUT2D eigenvalue weighted by molar-refractivity contribution is -0.142. The Labute approximate surface area is 211 Å². The normalized spacial score (nSPS) is 19.2. The lowest BCUT2D eigenvalue weighted by atomic mass is 9.82. The summed E-state index contributed by atoms with van der Waals surface area (Å²) in [5.41, 5.74) is 9.38. The number of nitrogens with one attached hydrogen (secondary N) is 1. The van der Waals surface area contributed by atoms with Crippen molar-refractivity contribution in [3.8, 4) is 6.07 Å². The molecular weight excluding hydrogens is 483 g/mol. The van der Waals surface area contributed by atoms with Crippen LogP contribution in [-0.2, 0) is 19.1 Å². The van der Waals surface area contributed by atoms with Crippen LogP contribution in [0.25, 0.3) is 0 Å². The summed E-state index contributed by atoms with van der Waals surface area (Å²) in [5.74, 6) is -3.24. The second-order valence-corrected chi connectivity index (χ2v) is 9.62. The quantitative estimate of drug-likeness (QED) is 0.594. The SMILES string of the molecule is COC(=O)C[C@@H]1SC2=C(C(=O)Nc3ccc(C)c(C)c3)[C@@H](c3ccc(F)cc3)C(C#N)=C(N)N2C1=O. The standard InChI is InChI=1S/C26H23FN4O4S/c1-13-4-9-17(10-14(13)2)30-24(33)22-21(15-5-7-16(27)8-6-15)18(12-28)23(29)31-25(34)19(36-26(22)31)11-20(32)35-3/h4-10,19,21H,11,29H2,1-3H3,(H,30,33)/t19-,21-/m0/s1. The van der Waals surface area contributed by atoms with Gasteiger partial charge in [0.1, 0.15) is 16.9 Å². The third kappa shape index (κ3) is 4.45. The minimum Gasteiger partial charge on any atom is -0.469 e. The number of halogens is 1. The molecule has 2 atom stereocenters. The number of methoxy groups -OCH3 is 1. The summed E-state index contributed by atoms with van der Waals surface area (Å²) in [5, 5.41) is 12.2. The number of benzene rings is 2. The van der Waals surface area contributed by atoms with Crippen molar-refractivity contribution in [3.63, 3.8) is 0 Å². The van der Waals surface area contributed by atoms with Crippen molar-refractivity contribution < 1.29 is 23.5 Å². The molecule has 0 unspecified atom stereocenters. The number of amides is 2.